The first-order chi connectivity index (χ1) is 9.61. The van der Waals surface area contributed by atoms with E-state index in [1.54, 1.807) is 0 Å². The highest BCUT2D eigenvalue weighted by Gasteiger charge is 2.13. The predicted molar refractivity (Wildman–Crippen MR) is 81.8 cm³/mol. The number of hydrogen-bond donors (Lipinski definition) is 1. The molecule has 0 aliphatic rings. The van der Waals surface area contributed by atoms with Gasteiger partial charge in [-0.2, -0.15) is 5.10 Å². The van der Waals surface area contributed by atoms with Crippen molar-refractivity contribution in [1.29, 1.82) is 0 Å². The van der Waals surface area contributed by atoms with Gasteiger partial charge in [0.2, 0.25) is 0 Å². The first-order valence-electron chi connectivity index (χ1n) is 7.18. The van der Waals surface area contributed by atoms with Crippen molar-refractivity contribution in [2.45, 2.75) is 39.2 Å². The van der Waals surface area contributed by atoms with Gasteiger partial charge in [-0.15, -0.1) is 0 Å². The van der Waals surface area contributed by atoms with Crippen LogP contribution in [0.2, 0.25) is 0 Å². The summed E-state index contributed by atoms with van der Waals surface area (Å²) in [6, 6.07) is 6.54. The molecule has 0 radical (unpaired) electrons. The summed E-state index contributed by atoms with van der Waals surface area (Å²) in [5.41, 5.74) is 4.95. The van der Waals surface area contributed by atoms with Crippen LogP contribution in [0.4, 0.5) is 0 Å². The van der Waals surface area contributed by atoms with E-state index in [1.165, 1.54) is 11.3 Å². The van der Waals surface area contributed by atoms with Crippen LogP contribution in [0.3, 0.4) is 0 Å². The number of nitrogens with one attached hydrogen (secondary N) is 1. The van der Waals surface area contributed by atoms with Crippen molar-refractivity contribution in [3.63, 3.8) is 0 Å². The molecule has 0 saturated heterocycles. The van der Waals surface area contributed by atoms with Crippen molar-refractivity contribution in [1.82, 2.24) is 20.1 Å². The lowest BCUT2D eigenvalue weighted by molar-refractivity contribution is 0.514. The molecule has 0 aliphatic heterocycles. The molecule has 20 heavy (non-hydrogen) atoms. The Balaban J connectivity index is 1.97. The van der Waals surface area contributed by atoms with Gasteiger partial charge in [-0.3, -0.25) is 9.67 Å². The molecule has 2 rings (SSSR count). The van der Waals surface area contributed by atoms with E-state index in [4.69, 9.17) is 0 Å². The second-order valence-corrected chi connectivity index (χ2v) is 5.32. The molecule has 4 heteroatoms. The Morgan fingerprint density at radius 1 is 1.30 bits per heavy atom. The number of rotatable bonds is 6. The van der Waals surface area contributed by atoms with Crippen molar-refractivity contribution < 1.29 is 0 Å². The van der Waals surface area contributed by atoms with Gasteiger partial charge in [0.1, 0.15) is 0 Å². The second-order valence-electron chi connectivity index (χ2n) is 5.32. The summed E-state index contributed by atoms with van der Waals surface area (Å²) in [5, 5.41) is 7.88. The number of likely N-dealkylation sites (N-methyl/N-ethyl adjacent to an activating group) is 1. The van der Waals surface area contributed by atoms with Crippen molar-refractivity contribution in [3.8, 4) is 0 Å². The molecular weight excluding hydrogens is 248 g/mol. The van der Waals surface area contributed by atoms with Gasteiger partial charge < -0.3 is 5.32 Å². The van der Waals surface area contributed by atoms with E-state index in [-0.39, 0.29) is 0 Å². The summed E-state index contributed by atoms with van der Waals surface area (Å²) in [4.78, 5) is 4.40. The number of aromatic nitrogens is 3. The minimum atomic E-state index is 0.448. The zero-order valence-corrected chi connectivity index (χ0v) is 12.8. The molecule has 0 saturated carbocycles. The fraction of sp³-hybridized carbons (Fsp3) is 0.500. The summed E-state index contributed by atoms with van der Waals surface area (Å²) in [6.07, 6.45) is 4.98. The van der Waals surface area contributed by atoms with E-state index in [0.717, 1.165) is 30.7 Å². The average molecular weight is 272 g/mol. The monoisotopic (exact) mass is 272 g/mol. The average Bonchev–Trinajstić information content (AvgIpc) is 2.70. The first kappa shape index (κ1) is 14.7. The molecule has 0 fully saturated rings. The maximum atomic E-state index is 4.48. The smallest absolute Gasteiger partial charge is 0.0628 e. The zero-order chi connectivity index (χ0) is 14.5. The lowest BCUT2D eigenvalue weighted by atomic mass is 10.0. The fourth-order valence-electron chi connectivity index (χ4n) is 2.62. The number of aryl methyl sites for hydroxylation is 2. The number of nitrogens with zero attached hydrogens (tertiary/aromatic N) is 3. The Bertz CT molecular complexity index is 545. The molecule has 1 N–H and O–H groups in total. The van der Waals surface area contributed by atoms with E-state index in [9.17, 15) is 0 Å². The Hall–Kier alpha value is -1.68. The molecule has 0 aromatic carbocycles. The van der Waals surface area contributed by atoms with Crippen molar-refractivity contribution in [2.24, 2.45) is 7.05 Å². The van der Waals surface area contributed by atoms with Gasteiger partial charge in [-0.25, -0.2) is 0 Å². The Morgan fingerprint density at radius 2 is 2.10 bits per heavy atom. The minimum Gasteiger partial charge on any atom is -0.317 e. The molecule has 1 unspecified atom stereocenters. The maximum absolute atomic E-state index is 4.48. The second kappa shape index (κ2) is 6.66. The van der Waals surface area contributed by atoms with E-state index in [0.29, 0.717) is 6.04 Å². The van der Waals surface area contributed by atoms with Crippen LogP contribution in [0.25, 0.3) is 0 Å². The van der Waals surface area contributed by atoms with Gasteiger partial charge in [-0.05, 0) is 51.4 Å². The Kier molecular flexibility index (Phi) is 4.90. The molecule has 0 bridgehead atoms. The predicted octanol–water partition coefficient (Wildman–Crippen LogP) is 2.20. The molecule has 4 nitrogen and oxygen atoms in total. The number of pyridine rings is 1. The van der Waals surface area contributed by atoms with Crippen LogP contribution in [-0.2, 0) is 19.9 Å². The van der Waals surface area contributed by atoms with Gasteiger partial charge in [0.05, 0.1) is 5.69 Å². The van der Waals surface area contributed by atoms with Gasteiger partial charge >= 0.3 is 0 Å². The van der Waals surface area contributed by atoms with Crippen LogP contribution in [0.1, 0.15) is 29.1 Å². The molecule has 2 aromatic heterocycles. The molecule has 108 valence electrons. The van der Waals surface area contributed by atoms with Crippen molar-refractivity contribution in [3.05, 3.63) is 47.0 Å². The summed E-state index contributed by atoms with van der Waals surface area (Å²) in [5.74, 6) is 0. The van der Waals surface area contributed by atoms with Gasteiger partial charge in [-0.1, -0.05) is 6.07 Å². The highest BCUT2D eigenvalue weighted by atomic mass is 15.3. The lowest BCUT2D eigenvalue weighted by Crippen LogP contribution is -2.28. The molecule has 2 heterocycles. The minimum absolute atomic E-state index is 0.448. The van der Waals surface area contributed by atoms with Gasteiger partial charge in [0, 0.05) is 37.1 Å². The highest BCUT2D eigenvalue weighted by Crippen LogP contribution is 2.16. The van der Waals surface area contributed by atoms with E-state index >= 15 is 0 Å². The largest absolute Gasteiger partial charge is 0.317 e. The summed E-state index contributed by atoms with van der Waals surface area (Å²) < 4.78 is 1.97. The SMILES string of the molecule is CNC(CCc1c(C)nn(C)c1C)Cc1ccccn1. The van der Waals surface area contributed by atoms with Crippen LogP contribution in [0.15, 0.2) is 24.4 Å². The Morgan fingerprint density at radius 3 is 2.65 bits per heavy atom. The van der Waals surface area contributed by atoms with Crippen molar-refractivity contribution in [2.75, 3.05) is 7.05 Å². The molecule has 1 atom stereocenters. The fourth-order valence-corrected chi connectivity index (χ4v) is 2.62. The topological polar surface area (TPSA) is 42.7 Å². The molecule has 2 aromatic rings. The van der Waals surface area contributed by atoms with E-state index in [1.807, 2.05) is 37.1 Å². The normalized spacial score (nSPS) is 12.6. The van der Waals surface area contributed by atoms with Crippen molar-refractivity contribution >= 4 is 0 Å². The van der Waals surface area contributed by atoms with Crippen LogP contribution in [0, 0.1) is 13.8 Å². The summed E-state index contributed by atoms with van der Waals surface area (Å²) in [7, 11) is 4.03. The van der Waals surface area contributed by atoms with Crippen LogP contribution in [-0.4, -0.2) is 27.9 Å². The molecular formula is C16H24N4. The highest BCUT2D eigenvalue weighted by molar-refractivity contribution is 5.24. The third kappa shape index (κ3) is 3.45. The summed E-state index contributed by atoms with van der Waals surface area (Å²) >= 11 is 0. The lowest BCUT2D eigenvalue weighted by Gasteiger charge is -2.15. The van der Waals surface area contributed by atoms with E-state index < -0.39 is 0 Å². The molecule has 0 amide bonds. The Labute approximate surface area is 121 Å². The molecule has 0 aliphatic carbocycles. The maximum Gasteiger partial charge on any atom is 0.0628 e. The first-order valence-corrected chi connectivity index (χ1v) is 7.18. The van der Waals surface area contributed by atoms with Crippen LogP contribution >= 0.6 is 0 Å². The van der Waals surface area contributed by atoms with Gasteiger partial charge in [0.25, 0.3) is 0 Å². The van der Waals surface area contributed by atoms with Crippen LogP contribution < -0.4 is 5.32 Å². The number of hydrogen-bond acceptors (Lipinski definition) is 3. The zero-order valence-electron chi connectivity index (χ0n) is 12.8. The standard InChI is InChI=1S/C16H24N4/c1-12-16(13(2)20(4)19-12)9-8-14(17-3)11-15-7-5-6-10-18-15/h5-7,10,14,17H,8-9,11H2,1-4H3. The quantitative estimate of drug-likeness (QED) is 0.876. The third-order valence-corrected chi connectivity index (χ3v) is 3.99. The molecule has 0 spiro atoms. The van der Waals surface area contributed by atoms with E-state index in [2.05, 4.69) is 35.3 Å². The van der Waals surface area contributed by atoms with Crippen LogP contribution in [0.5, 0.6) is 0 Å². The van der Waals surface area contributed by atoms with Gasteiger partial charge in [0.15, 0.2) is 0 Å². The summed E-state index contributed by atoms with van der Waals surface area (Å²) in [6.45, 7) is 4.23. The third-order valence-electron chi connectivity index (χ3n) is 3.99.